The van der Waals surface area contributed by atoms with Gasteiger partial charge < -0.3 is 5.32 Å². The summed E-state index contributed by atoms with van der Waals surface area (Å²) in [6, 6.07) is 6.23. The van der Waals surface area contributed by atoms with Crippen molar-refractivity contribution < 1.29 is 0 Å². The molecule has 0 bridgehead atoms. The molecule has 0 aliphatic rings. The van der Waals surface area contributed by atoms with Crippen LogP contribution >= 0.6 is 23.2 Å². The zero-order chi connectivity index (χ0) is 15.3. The van der Waals surface area contributed by atoms with Crippen molar-refractivity contribution in [1.82, 2.24) is 5.32 Å². The van der Waals surface area contributed by atoms with Crippen molar-refractivity contribution in [3.05, 3.63) is 33.8 Å². The highest BCUT2D eigenvalue weighted by atomic mass is 35.5. The van der Waals surface area contributed by atoms with Crippen LogP contribution in [0.4, 0.5) is 0 Å². The van der Waals surface area contributed by atoms with Gasteiger partial charge in [-0.1, -0.05) is 63.9 Å². The van der Waals surface area contributed by atoms with E-state index in [2.05, 4.69) is 39.9 Å². The summed E-state index contributed by atoms with van der Waals surface area (Å²) in [5.41, 5.74) is 1.50. The molecule has 0 saturated heterocycles. The summed E-state index contributed by atoms with van der Waals surface area (Å²) < 4.78 is 0. The molecule has 1 rings (SSSR count). The second kappa shape index (κ2) is 7.68. The highest BCUT2D eigenvalue weighted by Crippen LogP contribution is 2.30. The molecule has 2 unspecified atom stereocenters. The molecular weight excluding hydrogens is 289 g/mol. The van der Waals surface area contributed by atoms with Crippen LogP contribution < -0.4 is 5.32 Å². The van der Waals surface area contributed by atoms with Crippen LogP contribution in [0.25, 0.3) is 0 Å². The number of halogens is 2. The van der Waals surface area contributed by atoms with E-state index < -0.39 is 0 Å². The maximum Gasteiger partial charge on any atom is 0.0453 e. The zero-order valence-corrected chi connectivity index (χ0v) is 14.8. The normalized spacial score (nSPS) is 15.2. The first-order valence-corrected chi connectivity index (χ1v) is 8.17. The third-order valence-corrected chi connectivity index (χ3v) is 4.68. The number of likely N-dealkylation sites (N-methyl/N-ethyl adjacent to an activating group) is 1. The van der Waals surface area contributed by atoms with Crippen molar-refractivity contribution in [3.8, 4) is 0 Å². The Morgan fingerprint density at radius 1 is 1.20 bits per heavy atom. The van der Waals surface area contributed by atoms with Gasteiger partial charge in [-0.15, -0.1) is 0 Å². The summed E-state index contributed by atoms with van der Waals surface area (Å²) >= 11 is 12.2. The molecule has 0 aromatic heterocycles. The van der Waals surface area contributed by atoms with E-state index in [1.165, 1.54) is 5.56 Å². The quantitative estimate of drug-likeness (QED) is 0.721. The van der Waals surface area contributed by atoms with Gasteiger partial charge in [0.2, 0.25) is 0 Å². The predicted octanol–water partition coefficient (Wildman–Crippen LogP) is 5.59. The van der Waals surface area contributed by atoms with Crippen molar-refractivity contribution >= 4 is 23.2 Å². The Morgan fingerprint density at radius 2 is 1.85 bits per heavy atom. The summed E-state index contributed by atoms with van der Waals surface area (Å²) in [5.74, 6) is 0.651. The molecule has 1 aromatic carbocycles. The molecule has 2 atom stereocenters. The van der Waals surface area contributed by atoms with E-state index in [1.807, 2.05) is 18.2 Å². The standard InChI is InChI=1S/C17H27Cl2N/c1-6-20-15(9-12(2)17(3,4)5)10-13-7-8-14(18)11-16(13)19/h7-8,11-12,15,20H,6,9-10H2,1-5H3. The molecule has 114 valence electrons. The summed E-state index contributed by atoms with van der Waals surface area (Å²) in [7, 11) is 0. The van der Waals surface area contributed by atoms with Gasteiger partial charge in [0.25, 0.3) is 0 Å². The Balaban J connectivity index is 2.76. The molecule has 0 aliphatic heterocycles. The third-order valence-electron chi connectivity index (χ3n) is 4.09. The molecule has 0 radical (unpaired) electrons. The van der Waals surface area contributed by atoms with Gasteiger partial charge in [0.05, 0.1) is 0 Å². The molecule has 0 aliphatic carbocycles. The Labute approximate surface area is 134 Å². The van der Waals surface area contributed by atoms with Gasteiger partial charge in [-0.2, -0.15) is 0 Å². The lowest BCUT2D eigenvalue weighted by Crippen LogP contribution is -2.35. The molecule has 1 N–H and O–H groups in total. The Kier molecular flexibility index (Phi) is 6.84. The van der Waals surface area contributed by atoms with Crippen LogP contribution in [0.1, 0.15) is 46.6 Å². The van der Waals surface area contributed by atoms with Crippen LogP contribution in [0, 0.1) is 11.3 Å². The van der Waals surface area contributed by atoms with E-state index in [0.29, 0.717) is 22.4 Å². The minimum absolute atomic E-state index is 0.331. The van der Waals surface area contributed by atoms with Gasteiger partial charge in [0, 0.05) is 16.1 Å². The van der Waals surface area contributed by atoms with Crippen molar-refractivity contribution in [2.45, 2.75) is 53.5 Å². The van der Waals surface area contributed by atoms with Crippen LogP contribution in [0.15, 0.2) is 18.2 Å². The molecule has 0 fully saturated rings. The fourth-order valence-electron chi connectivity index (χ4n) is 2.26. The van der Waals surface area contributed by atoms with Gasteiger partial charge in [0.1, 0.15) is 0 Å². The van der Waals surface area contributed by atoms with E-state index >= 15 is 0 Å². The second-order valence-electron chi connectivity index (χ2n) is 6.70. The maximum atomic E-state index is 6.29. The maximum absolute atomic E-state index is 6.29. The minimum Gasteiger partial charge on any atom is -0.314 e. The average molecular weight is 316 g/mol. The van der Waals surface area contributed by atoms with Gasteiger partial charge in [-0.3, -0.25) is 0 Å². The topological polar surface area (TPSA) is 12.0 Å². The van der Waals surface area contributed by atoms with E-state index in [0.717, 1.165) is 24.4 Å². The van der Waals surface area contributed by atoms with E-state index in [1.54, 1.807) is 0 Å². The molecule has 0 saturated carbocycles. The molecule has 0 spiro atoms. The molecular formula is C17H27Cl2N. The second-order valence-corrected chi connectivity index (χ2v) is 7.54. The lowest BCUT2D eigenvalue weighted by Gasteiger charge is -2.31. The average Bonchev–Trinajstić information content (AvgIpc) is 2.31. The first-order valence-electron chi connectivity index (χ1n) is 7.41. The first-order chi connectivity index (χ1) is 9.24. The summed E-state index contributed by atoms with van der Waals surface area (Å²) in [6.45, 7) is 12.4. The van der Waals surface area contributed by atoms with Crippen LogP contribution in [0.2, 0.25) is 10.0 Å². The van der Waals surface area contributed by atoms with Gasteiger partial charge in [0.15, 0.2) is 0 Å². The number of nitrogens with one attached hydrogen (secondary N) is 1. The highest BCUT2D eigenvalue weighted by Gasteiger charge is 2.23. The molecule has 20 heavy (non-hydrogen) atoms. The SMILES string of the molecule is CCNC(Cc1ccc(Cl)cc1Cl)CC(C)C(C)(C)C. The minimum atomic E-state index is 0.331. The fraction of sp³-hybridized carbons (Fsp3) is 0.647. The van der Waals surface area contributed by atoms with E-state index in [-0.39, 0.29) is 0 Å². The van der Waals surface area contributed by atoms with Crippen molar-refractivity contribution in [3.63, 3.8) is 0 Å². The lowest BCUT2D eigenvalue weighted by atomic mass is 9.78. The number of hydrogen-bond acceptors (Lipinski definition) is 1. The largest absolute Gasteiger partial charge is 0.314 e. The van der Waals surface area contributed by atoms with Crippen molar-refractivity contribution in [2.24, 2.45) is 11.3 Å². The number of rotatable bonds is 6. The van der Waals surface area contributed by atoms with Crippen LogP contribution in [-0.2, 0) is 6.42 Å². The fourth-order valence-corrected chi connectivity index (χ4v) is 2.75. The van der Waals surface area contributed by atoms with E-state index in [9.17, 15) is 0 Å². The number of benzene rings is 1. The third kappa shape index (κ3) is 5.63. The summed E-state index contributed by atoms with van der Waals surface area (Å²) in [5, 5.41) is 5.05. The van der Waals surface area contributed by atoms with Gasteiger partial charge in [-0.25, -0.2) is 0 Å². The highest BCUT2D eigenvalue weighted by molar-refractivity contribution is 6.35. The smallest absolute Gasteiger partial charge is 0.0453 e. The monoisotopic (exact) mass is 315 g/mol. The first kappa shape index (κ1) is 17.8. The Morgan fingerprint density at radius 3 is 2.35 bits per heavy atom. The number of hydrogen-bond donors (Lipinski definition) is 1. The lowest BCUT2D eigenvalue weighted by molar-refractivity contribution is 0.222. The zero-order valence-electron chi connectivity index (χ0n) is 13.3. The van der Waals surface area contributed by atoms with E-state index in [4.69, 9.17) is 23.2 Å². The predicted molar refractivity (Wildman–Crippen MR) is 90.9 cm³/mol. The summed E-state index contributed by atoms with van der Waals surface area (Å²) in [4.78, 5) is 0. The Hall–Kier alpha value is -0.240. The summed E-state index contributed by atoms with van der Waals surface area (Å²) in [6.07, 6.45) is 2.10. The molecule has 0 amide bonds. The van der Waals surface area contributed by atoms with Gasteiger partial charge >= 0.3 is 0 Å². The molecule has 0 heterocycles. The van der Waals surface area contributed by atoms with Crippen molar-refractivity contribution in [2.75, 3.05) is 6.54 Å². The van der Waals surface area contributed by atoms with Gasteiger partial charge in [-0.05, 0) is 48.4 Å². The van der Waals surface area contributed by atoms with Crippen LogP contribution in [-0.4, -0.2) is 12.6 Å². The molecule has 3 heteroatoms. The molecule has 1 aromatic rings. The Bertz CT molecular complexity index is 423. The molecule has 1 nitrogen and oxygen atoms in total. The van der Waals surface area contributed by atoms with Crippen LogP contribution in [0.5, 0.6) is 0 Å². The van der Waals surface area contributed by atoms with Crippen molar-refractivity contribution in [1.29, 1.82) is 0 Å². The van der Waals surface area contributed by atoms with Crippen LogP contribution in [0.3, 0.4) is 0 Å².